The van der Waals surface area contributed by atoms with E-state index in [0.717, 1.165) is 18.8 Å². The second-order valence-electron chi connectivity index (χ2n) is 6.00. The summed E-state index contributed by atoms with van der Waals surface area (Å²) in [6.07, 6.45) is 5.57. The van der Waals surface area contributed by atoms with Gasteiger partial charge in [-0.15, -0.1) is 0 Å². The van der Waals surface area contributed by atoms with Crippen LogP contribution in [0, 0.1) is 13.8 Å². The Morgan fingerprint density at radius 3 is 2.95 bits per heavy atom. The van der Waals surface area contributed by atoms with Crippen molar-refractivity contribution in [3.05, 3.63) is 46.6 Å². The van der Waals surface area contributed by atoms with Gasteiger partial charge in [0.15, 0.2) is 5.82 Å². The molecule has 1 unspecified atom stereocenters. The van der Waals surface area contributed by atoms with E-state index < -0.39 is 0 Å². The normalized spacial score (nSPS) is 19.4. The van der Waals surface area contributed by atoms with Gasteiger partial charge in [0, 0.05) is 0 Å². The lowest BCUT2D eigenvalue weighted by Crippen LogP contribution is -2.21. The summed E-state index contributed by atoms with van der Waals surface area (Å²) in [5, 5.41) is 7.68. The van der Waals surface area contributed by atoms with Crippen molar-refractivity contribution in [2.45, 2.75) is 52.0 Å². The molecule has 4 heteroatoms. The minimum atomic E-state index is 0.254. The summed E-state index contributed by atoms with van der Waals surface area (Å²) in [5.41, 5.74) is 3.84. The third-order valence-corrected chi connectivity index (χ3v) is 4.28. The molecule has 1 aliphatic rings. The Hall–Kier alpha value is -1.68. The Morgan fingerprint density at radius 2 is 2.10 bits per heavy atom. The number of aromatic nitrogens is 2. The Bertz CT molecular complexity index is 598. The van der Waals surface area contributed by atoms with Gasteiger partial charge in [0.2, 0.25) is 5.89 Å². The van der Waals surface area contributed by atoms with E-state index in [1.54, 1.807) is 0 Å². The van der Waals surface area contributed by atoms with Crippen molar-refractivity contribution in [2.75, 3.05) is 6.54 Å². The summed E-state index contributed by atoms with van der Waals surface area (Å²) in [6.45, 7) is 5.31. The van der Waals surface area contributed by atoms with Gasteiger partial charge in [0.1, 0.15) is 0 Å². The van der Waals surface area contributed by atoms with Crippen molar-refractivity contribution in [1.82, 2.24) is 15.5 Å². The van der Waals surface area contributed by atoms with Crippen molar-refractivity contribution in [3.63, 3.8) is 0 Å². The van der Waals surface area contributed by atoms with Gasteiger partial charge >= 0.3 is 0 Å². The molecular formula is C17H23N3O. The van der Waals surface area contributed by atoms with Gasteiger partial charge in [-0.1, -0.05) is 36.2 Å². The molecule has 4 nitrogen and oxygen atoms in total. The van der Waals surface area contributed by atoms with Crippen LogP contribution in [0.5, 0.6) is 0 Å². The van der Waals surface area contributed by atoms with Crippen LogP contribution >= 0.6 is 0 Å². The maximum Gasteiger partial charge on any atom is 0.231 e. The molecule has 0 spiro atoms. The van der Waals surface area contributed by atoms with Gasteiger partial charge in [-0.05, 0) is 49.9 Å². The lowest BCUT2D eigenvalue weighted by atomic mass is 10.0. The molecule has 1 saturated heterocycles. The number of nitrogens with zero attached hydrogens (tertiary/aromatic N) is 2. The summed E-state index contributed by atoms with van der Waals surface area (Å²) < 4.78 is 5.43. The molecule has 1 N–H and O–H groups in total. The fourth-order valence-corrected chi connectivity index (χ4v) is 2.82. The Morgan fingerprint density at radius 1 is 1.19 bits per heavy atom. The predicted octanol–water partition coefficient (Wildman–Crippen LogP) is 3.48. The molecule has 21 heavy (non-hydrogen) atoms. The van der Waals surface area contributed by atoms with Gasteiger partial charge in [0.25, 0.3) is 0 Å². The topological polar surface area (TPSA) is 51.0 Å². The SMILES string of the molecule is Cc1ccc(Cc2nc(C3CCCCCN3)no2)cc1C. The minimum Gasteiger partial charge on any atom is -0.339 e. The van der Waals surface area contributed by atoms with Gasteiger partial charge in [-0.3, -0.25) is 0 Å². The van der Waals surface area contributed by atoms with Crippen molar-refractivity contribution in [1.29, 1.82) is 0 Å². The van der Waals surface area contributed by atoms with E-state index in [0.29, 0.717) is 12.3 Å². The maximum absolute atomic E-state index is 5.43. The molecule has 1 aromatic heterocycles. The van der Waals surface area contributed by atoms with Gasteiger partial charge < -0.3 is 9.84 Å². The van der Waals surface area contributed by atoms with E-state index in [-0.39, 0.29) is 6.04 Å². The second kappa shape index (κ2) is 6.39. The van der Waals surface area contributed by atoms with Gasteiger partial charge in [-0.2, -0.15) is 4.98 Å². The quantitative estimate of drug-likeness (QED) is 0.938. The van der Waals surface area contributed by atoms with E-state index in [2.05, 4.69) is 47.5 Å². The Kier molecular flexibility index (Phi) is 4.34. The number of aryl methyl sites for hydroxylation is 2. The fraction of sp³-hybridized carbons (Fsp3) is 0.529. The zero-order chi connectivity index (χ0) is 14.7. The third kappa shape index (κ3) is 3.50. The second-order valence-corrected chi connectivity index (χ2v) is 6.00. The van der Waals surface area contributed by atoms with E-state index in [4.69, 9.17) is 4.52 Å². The average Bonchev–Trinajstić information content (AvgIpc) is 2.76. The number of hydrogen-bond donors (Lipinski definition) is 1. The number of benzene rings is 1. The molecule has 1 atom stereocenters. The van der Waals surface area contributed by atoms with Gasteiger partial charge in [-0.25, -0.2) is 0 Å². The first-order chi connectivity index (χ1) is 10.2. The Labute approximate surface area is 126 Å². The van der Waals surface area contributed by atoms with Crippen LogP contribution in [-0.2, 0) is 6.42 Å². The molecule has 1 aliphatic heterocycles. The molecule has 2 aromatic rings. The summed E-state index contributed by atoms with van der Waals surface area (Å²) >= 11 is 0. The molecule has 1 fully saturated rings. The molecule has 0 bridgehead atoms. The third-order valence-electron chi connectivity index (χ3n) is 4.28. The first kappa shape index (κ1) is 14.3. The van der Waals surface area contributed by atoms with E-state index >= 15 is 0 Å². The highest BCUT2D eigenvalue weighted by atomic mass is 16.5. The lowest BCUT2D eigenvalue weighted by molar-refractivity contribution is 0.369. The van der Waals surface area contributed by atoms with Crippen LogP contribution < -0.4 is 5.32 Å². The zero-order valence-corrected chi connectivity index (χ0v) is 12.9. The van der Waals surface area contributed by atoms with Crippen molar-refractivity contribution < 1.29 is 4.52 Å². The summed E-state index contributed by atoms with van der Waals surface area (Å²) in [5.74, 6) is 1.52. The molecule has 0 aliphatic carbocycles. The van der Waals surface area contributed by atoms with Crippen LogP contribution in [0.25, 0.3) is 0 Å². The average molecular weight is 285 g/mol. The van der Waals surface area contributed by atoms with Crippen molar-refractivity contribution >= 4 is 0 Å². The lowest BCUT2D eigenvalue weighted by Gasteiger charge is -2.09. The standard InChI is InChI=1S/C17H23N3O/c1-12-7-8-14(10-13(12)2)11-16-19-17(20-21-16)15-6-4-3-5-9-18-15/h7-8,10,15,18H,3-6,9,11H2,1-2H3. The monoisotopic (exact) mass is 285 g/mol. The predicted molar refractivity (Wildman–Crippen MR) is 82.2 cm³/mol. The van der Waals surface area contributed by atoms with Crippen molar-refractivity contribution in [3.8, 4) is 0 Å². The minimum absolute atomic E-state index is 0.254. The van der Waals surface area contributed by atoms with Crippen LogP contribution in [0.1, 0.15) is 60.1 Å². The number of rotatable bonds is 3. The molecule has 2 heterocycles. The molecule has 3 rings (SSSR count). The highest BCUT2D eigenvalue weighted by Crippen LogP contribution is 2.21. The zero-order valence-electron chi connectivity index (χ0n) is 12.9. The summed E-state index contributed by atoms with van der Waals surface area (Å²) in [7, 11) is 0. The highest BCUT2D eigenvalue weighted by molar-refractivity contribution is 5.31. The fourth-order valence-electron chi connectivity index (χ4n) is 2.82. The first-order valence-electron chi connectivity index (χ1n) is 7.84. The number of hydrogen-bond acceptors (Lipinski definition) is 4. The Balaban J connectivity index is 1.70. The molecule has 0 amide bonds. The maximum atomic E-state index is 5.43. The summed E-state index contributed by atoms with van der Waals surface area (Å²) in [4.78, 5) is 4.58. The smallest absolute Gasteiger partial charge is 0.231 e. The van der Waals surface area contributed by atoms with Crippen LogP contribution in [-0.4, -0.2) is 16.7 Å². The molecule has 112 valence electrons. The van der Waals surface area contributed by atoms with E-state index in [1.165, 1.54) is 36.0 Å². The first-order valence-corrected chi connectivity index (χ1v) is 7.84. The van der Waals surface area contributed by atoms with Crippen molar-refractivity contribution in [2.24, 2.45) is 0 Å². The van der Waals surface area contributed by atoms with Crippen LogP contribution in [0.2, 0.25) is 0 Å². The van der Waals surface area contributed by atoms with Crippen LogP contribution in [0.4, 0.5) is 0 Å². The van der Waals surface area contributed by atoms with E-state index in [1.807, 2.05) is 0 Å². The van der Waals surface area contributed by atoms with Gasteiger partial charge in [0.05, 0.1) is 12.5 Å². The summed E-state index contributed by atoms with van der Waals surface area (Å²) in [6, 6.07) is 6.73. The van der Waals surface area contributed by atoms with E-state index in [9.17, 15) is 0 Å². The number of nitrogens with one attached hydrogen (secondary N) is 1. The van der Waals surface area contributed by atoms with Crippen LogP contribution in [0.15, 0.2) is 22.7 Å². The molecular weight excluding hydrogens is 262 g/mol. The molecule has 0 radical (unpaired) electrons. The highest BCUT2D eigenvalue weighted by Gasteiger charge is 2.19. The molecule has 0 saturated carbocycles. The largest absolute Gasteiger partial charge is 0.339 e. The molecule has 1 aromatic carbocycles. The van der Waals surface area contributed by atoms with Crippen LogP contribution in [0.3, 0.4) is 0 Å².